The summed E-state index contributed by atoms with van der Waals surface area (Å²) in [7, 11) is 1.90. The van der Waals surface area contributed by atoms with Crippen molar-refractivity contribution in [3.63, 3.8) is 0 Å². The van der Waals surface area contributed by atoms with E-state index in [1.807, 2.05) is 44.6 Å². The average molecular weight is 253 g/mol. The quantitative estimate of drug-likeness (QED) is 0.689. The summed E-state index contributed by atoms with van der Waals surface area (Å²) < 4.78 is 1.79. The fourth-order valence-electron chi connectivity index (χ4n) is 2.19. The molecule has 19 heavy (non-hydrogen) atoms. The second-order valence-electron chi connectivity index (χ2n) is 4.55. The topological polar surface area (TPSA) is 68.8 Å². The van der Waals surface area contributed by atoms with Crippen molar-refractivity contribution in [2.75, 3.05) is 11.1 Å². The standard InChI is InChI=1S/C14H15N5/c1-9-14(8-19(2)18-9)17-13-4-3-12(15)10-5-6-16-7-11(10)13/h3-8,17H,15H2,1-2H3. The van der Waals surface area contributed by atoms with Gasteiger partial charge < -0.3 is 11.1 Å². The molecule has 0 aliphatic carbocycles. The molecule has 0 saturated carbocycles. The predicted octanol–water partition coefficient (Wildman–Crippen LogP) is 2.60. The first-order valence-electron chi connectivity index (χ1n) is 6.04. The Kier molecular flexibility index (Phi) is 2.59. The van der Waals surface area contributed by atoms with E-state index in [9.17, 15) is 0 Å². The second kappa shape index (κ2) is 4.28. The van der Waals surface area contributed by atoms with E-state index < -0.39 is 0 Å². The number of hydrogen-bond donors (Lipinski definition) is 2. The van der Waals surface area contributed by atoms with E-state index in [1.165, 1.54) is 0 Å². The molecule has 0 atom stereocenters. The first kappa shape index (κ1) is 11.5. The van der Waals surface area contributed by atoms with Gasteiger partial charge in [-0.15, -0.1) is 0 Å². The third-order valence-corrected chi connectivity index (χ3v) is 3.13. The predicted molar refractivity (Wildman–Crippen MR) is 77.4 cm³/mol. The Morgan fingerprint density at radius 2 is 2.00 bits per heavy atom. The fraction of sp³-hybridized carbons (Fsp3) is 0.143. The Balaban J connectivity index is 2.11. The Morgan fingerprint density at radius 3 is 2.74 bits per heavy atom. The number of anilines is 3. The van der Waals surface area contributed by atoms with Gasteiger partial charge in [-0.25, -0.2) is 0 Å². The zero-order valence-corrected chi connectivity index (χ0v) is 10.9. The fourth-order valence-corrected chi connectivity index (χ4v) is 2.19. The maximum absolute atomic E-state index is 5.98. The van der Waals surface area contributed by atoms with Crippen LogP contribution in [0.2, 0.25) is 0 Å². The van der Waals surface area contributed by atoms with Crippen molar-refractivity contribution in [3.8, 4) is 0 Å². The maximum Gasteiger partial charge on any atom is 0.0828 e. The van der Waals surface area contributed by atoms with Crippen LogP contribution in [0.5, 0.6) is 0 Å². The van der Waals surface area contributed by atoms with Gasteiger partial charge in [-0.3, -0.25) is 9.67 Å². The molecule has 5 nitrogen and oxygen atoms in total. The summed E-state index contributed by atoms with van der Waals surface area (Å²) in [5, 5.41) is 9.71. The molecule has 0 spiro atoms. The first-order chi connectivity index (χ1) is 9.15. The number of fused-ring (bicyclic) bond motifs is 1. The maximum atomic E-state index is 5.98. The Labute approximate surface area is 111 Å². The van der Waals surface area contributed by atoms with E-state index in [1.54, 1.807) is 10.9 Å². The molecular formula is C14H15N5. The van der Waals surface area contributed by atoms with Crippen LogP contribution < -0.4 is 11.1 Å². The van der Waals surface area contributed by atoms with E-state index in [0.717, 1.165) is 33.5 Å². The van der Waals surface area contributed by atoms with E-state index in [4.69, 9.17) is 5.73 Å². The lowest BCUT2D eigenvalue weighted by Crippen LogP contribution is -1.95. The van der Waals surface area contributed by atoms with Gasteiger partial charge in [-0.2, -0.15) is 5.10 Å². The highest BCUT2D eigenvalue weighted by Gasteiger charge is 2.07. The lowest BCUT2D eigenvalue weighted by Gasteiger charge is -2.10. The molecule has 2 heterocycles. The van der Waals surface area contributed by atoms with Crippen LogP contribution in [-0.4, -0.2) is 14.8 Å². The molecular weight excluding hydrogens is 238 g/mol. The molecule has 0 aliphatic rings. The zero-order valence-electron chi connectivity index (χ0n) is 10.9. The summed E-state index contributed by atoms with van der Waals surface area (Å²) in [6.07, 6.45) is 5.52. The van der Waals surface area contributed by atoms with Crippen LogP contribution in [-0.2, 0) is 7.05 Å². The van der Waals surface area contributed by atoms with Gasteiger partial charge in [0.15, 0.2) is 0 Å². The third-order valence-electron chi connectivity index (χ3n) is 3.13. The number of aryl methyl sites for hydroxylation is 2. The minimum Gasteiger partial charge on any atom is -0.398 e. The molecule has 0 aliphatic heterocycles. The SMILES string of the molecule is Cc1nn(C)cc1Nc1ccc(N)c2ccncc12. The van der Waals surface area contributed by atoms with E-state index in [2.05, 4.69) is 15.4 Å². The zero-order chi connectivity index (χ0) is 13.4. The van der Waals surface area contributed by atoms with Crippen LogP contribution in [0.3, 0.4) is 0 Å². The normalized spacial score (nSPS) is 10.8. The largest absolute Gasteiger partial charge is 0.398 e. The summed E-state index contributed by atoms with van der Waals surface area (Å²) in [5.74, 6) is 0. The van der Waals surface area contributed by atoms with Crippen LogP contribution in [0, 0.1) is 6.92 Å². The molecule has 0 radical (unpaired) electrons. The van der Waals surface area contributed by atoms with E-state index >= 15 is 0 Å². The number of nitrogens with two attached hydrogens (primary N) is 1. The van der Waals surface area contributed by atoms with Gasteiger partial charge in [0.05, 0.1) is 11.4 Å². The third kappa shape index (κ3) is 1.99. The van der Waals surface area contributed by atoms with Crippen LogP contribution in [0.4, 0.5) is 17.1 Å². The van der Waals surface area contributed by atoms with Gasteiger partial charge in [-0.05, 0) is 25.1 Å². The number of nitrogen functional groups attached to an aromatic ring is 1. The van der Waals surface area contributed by atoms with Gasteiger partial charge in [-0.1, -0.05) is 0 Å². The number of nitrogens with one attached hydrogen (secondary N) is 1. The van der Waals surface area contributed by atoms with Crippen molar-refractivity contribution in [1.29, 1.82) is 0 Å². The summed E-state index contributed by atoms with van der Waals surface area (Å²) in [6, 6.07) is 5.79. The summed E-state index contributed by atoms with van der Waals surface area (Å²) in [4.78, 5) is 4.17. The lowest BCUT2D eigenvalue weighted by molar-refractivity contribution is 0.756. The summed E-state index contributed by atoms with van der Waals surface area (Å²) >= 11 is 0. The van der Waals surface area contributed by atoms with Crippen molar-refractivity contribution in [3.05, 3.63) is 42.5 Å². The average Bonchev–Trinajstić information content (AvgIpc) is 2.72. The first-order valence-corrected chi connectivity index (χ1v) is 6.04. The van der Waals surface area contributed by atoms with Gasteiger partial charge in [0.2, 0.25) is 0 Å². The van der Waals surface area contributed by atoms with Crippen molar-refractivity contribution < 1.29 is 0 Å². The van der Waals surface area contributed by atoms with Gasteiger partial charge in [0.1, 0.15) is 0 Å². The summed E-state index contributed by atoms with van der Waals surface area (Å²) in [5.41, 5.74) is 9.65. The second-order valence-corrected chi connectivity index (χ2v) is 4.55. The van der Waals surface area contributed by atoms with Gasteiger partial charge in [0.25, 0.3) is 0 Å². The Hall–Kier alpha value is -2.56. The molecule has 0 unspecified atom stereocenters. The molecule has 96 valence electrons. The van der Waals surface area contributed by atoms with Crippen molar-refractivity contribution in [2.24, 2.45) is 7.05 Å². The smallest absolute Gasteiger partial charge is 0.0828 e. The lowest BCUT2D eigenvalue weighted by atomic mass is 10.1. The highest BCUT2D eigenvalue weighted by Crippen LogP contribution is 2.30. The molecule has 3 aromatic rings. The van der Waals surface area contributed by atoms with E-state index in [-0.39, 0.29) is 0 Å². The number of nitrogens with zero attached hydrogens (tertiary/aromatic N) is 3. The van der Waals surface area contributed by atoms with E-state index in [0.29, 0.717) is 0 Å². The van der Waals surface area contributed by atoms with Crippen molar-refractivity contribution in [1.82, 2.24) is 14.8 Å². The highest BCUT2D eigenvalue weighted by molar-refractivity contribution is 6.01. The molecule has 3 rings (SSSR count). The van der Waals surface area contributed by atoms with Crippen molar-refractivity contribution in [2.45, 2.75) is 6.92 Å². The highest BCUT2D eigenvalue weighted by atomic mass is 15.3. The number of hydrogen-bond acceptors (Lipinski definition) is 4. The van der Waals surface area contributed by atoms with Crippen LogP contribution >= 0.6 is 0 Å². The van der Waals surface area contributed by atoms with Crippen LogP contribution in [0.15, 0.2) is 36.8 Å². The molecule has 5 heteroatoms. The molecule has 0 fully saturated rings. The minimum absolute atomic E-state index is 0.755. The Bertz CT molecular complexity index is 745. The number of pyridine rings is 1. The molecule has 3 N–H and O–H groups in total. The molecule has 1 aromatic carbocycles. The summed E-state index contributed by atoms with van der Waals surface area (Å²) in [6.45, 7) is 1.97. The minimum atomic E-state index is 0.755. The van der Waals surface area contributed by atoms with Crippen LogP contribution in [0.1, 0.15) is 5.69 Å². The number of rotatable bonds is 2. The molecule has 0 amide bonds. The van der Waals surface area contributed by atoms with Gasteiger partial charge >= 0.3 is 0 Å². The Morgan fingerprint density at radius 1 is 1.16 bits per heavy atom. The number of aromatic nitrogens is 3. The van der Waals surface area contributed by atoms with Crippen molar-refractivity contribution >= 4 is 27.8 Å². The molecule has 0 bridgehead atoms. The monoisotopic (exact) mass is 253 g/mol. The number of benzene rings is 1. The van der Waals surface area contributed by atoms with Crippen LogP contribution in [0.25, 0.3) is 10.8 Å². The molecule has 2 aromatic heterocycles. The van der Waals surface area contributed by atoms with Gasteiger partial charge in [0, 0.05) is 47.8 Å². The molecule has 0 saturated heterocycles.